The number of fused-ring (bicyclic) bond motifs is 1. The molecule has 0 saturated carbocycles. The van der Waals surface area contributed by atoms with E-state index >= 15 is 0 Å². The lowest BCUT2D eigenvalue weighted by atomic mass is 10.2. The fourth-order valence-corrected chi connectivity index (χ4v) is 5.01. The predicted octanol–water partition coefficient (Wildman–Crippen LogP) is 4.38. The minimum atomic E-state index is -0.425. The summed E-state index contributed by atoms with van der Waals surface area (Å²) in [5.74, 6) is 1.26. The lowest BCUT2D eigenvalue weighted by Gasteiger charge is -2.36. The van der Waals surface area contributed by atoms with Crippen LogP contribution in [0.5, 0.6) is 5.75 Å². The first kappa shape index (κ1) is 21.8. The molecule has 5 rings (SSSR count). The molecule has 1 fully saturated rings. The number of para-hydroxylation sites is 1. The van der Waals surface area contributed by atoms with E-state index in [2.05, 4.69) is 25.2 Å². The van der Waals surface area contributed by atoms with E-state index in [0.29, 0.717) is 37.1 Å². The quantitative estimate of drug-likeness (QED) is 0.319. The van der Waals surface area contributed by atoms with Crippen LogP contribution in [0.2, 0.25) is 0 Å². The van der Waals surface area contributed by atoms with Crippen molar-refractivity contribution in [2.45, 2.75) is 6.92 Å². The van der Waals surface area contributed by atoms with Crippen LogP contribution in [0.3, 0.4) is 0 Å². The molecule has 0 aliphatic carbocycles. The molecular weight excluding hydrogens is 454 g/mol. The molecule has 0 radical (unpaired) electrons. The van der Waals surface area contributed by atoms with Crippen molar-refractivity contribution in [2.24, 2.45) is 0 Å². The van der Waals surface area contributed by atoms with Crippen LogP contribution >= 0.6 is 11.3 Å². The molecule has 4 aromatic rings. The number of nitro groups is 1. The van der Waals surface area contributed by atoms with Crippen LogP contribution < -0.4 is 19.9 Å². The minimum absolute atomic E-state index is 0.142. The van der Waals surface area contributed by atoms with Gasteiger partial charge in [0.2, 0.25) is 11.6 Å². The highest BCUT2D eigenvalue weighted by Crippen LogP contribution is 2.36. The van der Waals surface area contributed by atoms with Crippen LogP contribution in [-0.2, 0) is 0 Å². The third-order valence-corrected chi connectivity index (χ3v) is 6.78. The maximum Gasteiger partial charge on any atom is 0.353 e. The number of thiazole rings is 1. The second-order valence-corrected chi connectivity index (χ2v) is 8.92. The summed E-state index contributed by atoms with van der Waals surface area (Å²) in [7, 11) is 1.64. The van der Waals surface area contributed by atoms with Gasteiger partial charge in [0.05, 0.1) is 22.2 Å². The standard InChI is InChI=1S/C23H23N7O3S/c1-15-4-3-5-18-19(15)26-23(34-18)27-21-20(30(31)32)22(25-14-24-21)29-12-10-28(11-13-29)16-6-8-17(33-2)9-7-16/h3-9,14H,10-13H2,1-2H3,(H,24,25,26,27). The molecule has 0 atom stereocenters. The van der Waals surface area contributed by atoms with E-state index in [1.165, 1.54) is 17.7 Å². The Morgan fingerprint density at radius 1 is 1.06 bits per heavy atom. The van der Waals surface area contributed by atoms with Gasteiger partial charge in [-0.15, -0.1) is 0 Å². The van der Waals surface area contributed by atoms with Gasteiger partial charge < -0.3 is 19.9 Å². The van der Waals surface area contributed by atoms with Crippen LogP contribution in [0.15, 0.2) is 48.8 Å². The first-order chi connectivity index (χ1) is 16.5. The van der Waals surface area contributed by atoms with Crippen molar-refractivity contribution in [1.29, 1.82) is 0 Å². The van der Waals surface area contributed by atoms with Crippen molar-refractivity contribution < 1.29 is 9.66 Å². The van der Waals surface area contributed by atoms with Gasteiger partial charge in [-0.25, -0.2) is 15.0 Å². The Hall–Kier alpha value is -3.99. The molecule has 0 bridgehead atoms. The van der Waals surface area contributed by atoms with Gasteiger partial charge in [-0.3, -0.25) is 10.1 Å². The molecule has 0 unspecified atom stereocenters. The molecule has 1 saturated heterocycles. The Kier molecular flexibility index (Phi) is 5.84. The van der Waals surface area contributed by atoms with E-state index in [-0.39, 0.29) is 11.5 Å². The van der Waals surface area contributed by atoms with Crippen molar-refractivity contribution in [2.75, 3.05) is 48.4 Å². The number of aromatic nitrogens is 3. The summed E-state index contributed by atoms with van der Waals surface area (Å²) in [5, 5.41) is 15.7. The fraction of sp³-hybridized carbons (Fsp3) is 0.261. The fourth-order valence-electron chi connectivity index (χ4n) is 4.07. The second-order valence-electron chi connectivity index (χ2n) is 7.89. The highest BCUT2D eigenvalue weighted by atomic mass is 32.1. The summed E-state index contributed by atoms with van der Waals surface area (Å²) >= 11 is 1.43. The smallest absolute Gasteiger partial charge is 0.353 e. The largest absolute Gasteiger partial charge is 0.497 e. The molecule has 2 aromatic heterocycles. The van der Waals surface area contributed by atoms with Gasteiger partial charge in [0.15, 0.2) is 5.13 Å². The number of methoxy groups -OCH3 is 1. The van der Waals surface area contributed by atoms with Crippen LogP contribution in [0.25, 0.3) is 10.2 Å². The van der Waals surface area contributed by atoms with E-state index in [1.54, 1.807) is 7.11 Å². The number of rotatable bonds is 6. The van der Waals surface area contributed by atoms with Crippen molar-refractivity contribution in [1.82, 2.24) is 15.0 Å². The Labute approximate surface area is 200 Å². The monoisotopic (exact) mass is 477 g/mol. The Morgan fingerprint density at radius 2 is 1.79 bits per heavy atom. The molecule has 0 spiro atoms. The van der Waals surface area contributed by atoms with Crippen LogP contribution in [0, 0.1) is 17.0 Å². The zero-order chi connectivity index (χ0) is 23.7. The SMILES string of the molecule is COc1ccc(N2CCN(c3ncnc(Nc4nc5c(C)cccc5s4)c3[N+](=O)[O-])CC2)cc1. The van der Waals surface area contributed by atoms with Crippen molar-refractivity contribution in [3.8, 4) is 5.75 Å². The summed E-state index contributed by atoms with van der Waals surface area (Å²) < 4.78 is 6.24. The summed E-state index contributed by atoms with van der Waals surface area (Å²) in [5.41, 5.74) is 2.87. The highest BCUT2D eigenvalue weighted by Gasteiger charge is 2.30. The number of nitrogens with one attached hydrogen (secondary N) is 1. The van der Waals surface area contributed by atoms with E-state index in [4.69, 9.17) is 4.74 Å². The highest BCUT2D eigenvalue weighted by molar-refractivity contribution is 7.22. The molecule has 174 valence electrons. The maximum atomic E-state index is 12.1. The summed E-state index contributed by atoms with van der Waals surface area (Å²) in [4.78, 5) is 28.9. The zero-order valence-electron chi connectivity index (χ0n) is 18.8. The van der Waals surface area contributed by atoms with Gasteiger partial charge in [0.25, 0.3) is 0 Å². The normalized spacial score (nSPS) is 13.8. The molecule has 3 heterocycles. The van der Waals surface area contributed by atoms with Crippen LogP contribution in [-0.4, -0.2) is 53.2 Å². The summed E-state index contributed by atoms with van der Waals surface area (Å²) in [6.07, 6.45) is 1.36. The van der Waals surface area contributed by atoms with Gasteiger partial charge in [0.1, 0.15) is 12.1 Å². The molecular formula is C23H23N7O3S. The number of anilines is 4. The first-order valence-electron chi connectivity index (χ1n) is 10.8. The Morgan fingerprint density at radius 3 is 2.47 bits per heavy atom. The Bertz CT molecular complexity index is 1330. The number of hydrogen-bond donors (Lipinski definition) is 1. The molecule has 34 heavy (non-hydrogen) atoms. The third-order valence-electron chi connectivity index (χ3n) is 5.85. The molecule has 10 nitrogen and oxygen atoms in total. The molecule has 11 heteroatoms. The van der Waals surface area contributed by atoms with E-state index < -0.39 is 4.92 Å². The van der Waals surface area contributed by atoms with Gasteiger partial charge in [-0.05, 0) is 42.8 Å². The van der Waals surface area contributed by atoms with E-state index in [9.17, 15) is 10.1 Å². The number of nitrogens with zero attached hydrogens (tertiary/aromatic N) is 6. The molecule has 1 aliphatic rings. The number of hydrogen-bond acceptors (Lipinski definition) is 10. The molecule has 1 N–H and O–H groups in total. The van der Waals surface area contributed by atoms with E-state index in [0.717, 1.165) is 27.2 Å². The summed E-state index contributed by atoms with van der Waals surface area (Å²) in [6.45, 7) is 4.62. The van der Waals surface area contributed by atoms with E-state index in [1.807, 2.05) is 54.3 Å². The maximum absolute atomic E-state index is 12.1. The van der Waals surface area contributed by atoms with Crippen molar-refractivity contribution in [3.63, 3.8) is 0 Å². The predicted molar refractivity (Wildman–Crippen MR) is 134 cm³/mol. The topological polar surface area (TPSA) is 110 Å². The number of benzene rings is 2. The molecule has 2 aromatic carbocycles. The van der Waals surface area contributed by atoms with Gasteiger partial charge >= 0.3 is 5.69 Å². The minimum Gasteiger partial charge on any atom is -0.497 e. The zero-order valence-corrected chi connectivity index (χ0v) is 19.6. The summed E-state index contributed by atoms with van der Waals surface area (Å²) in [6, 6.07) is 13.8. The van der Waals surface area contributed by atoms with Crippen LogP contribution in [0.4, 0.5) is 28.1 Å². The average molecular weight is 478 g/mol. The lowest BCUT2D eigenvalue weighted by molar-refractivity contribution is -0.383. The first-order valence-corrected chi connectivity index (χ1v) is 11.6. The third kappa shape index (κ3) is 4.17. The second kappa shape index (κ2) is 9.10. The van der Waals surface area contributed by atoms with Gasteiger partial charge in [-0.1, -0.05) is 23.5 Å². The average Bonchev–Trinajstić information content (AvgIpc) is 3.28. The molecule has 0 amide bonds. The van der Waals surface area contributed by atoms with Crippen LogP contribution in [0.1, 0.15) is 5.56 Å². The van der Waals surface area contributed by atoms with Crippen molar-refractivity contribution >= 4 is 49.7 Å². The van der Waals surface area contributed by atoms with Gasteiger partial charge in [-0.2, -0.15) is 0 Å². The number of piperazine rings is 1. The lowest BCUT2D eigenvalue weighted by Crippen LogP contribution is -2.47. The van der Waals surface area contributed by atoms with Gasteiger partial charge in [0, 0.05) is 31.9 Å². The van der Waals surface area contributed by atoms with Crippen molar-refractivity contribution in [3.05, 3.63) is 64.5 Å². The number of ether oxygens (including phenoxy) is 1. The Balaban J connectivity index is 1.37. The molecule has 1 aliphatic heterocycles. The number of aryl methyl sites for hydroxylation is 1.